The molecule has 1 amide bonds. The van der Waals surface area contributed by atoms with Gasteiger partial charge in [-0.1, -0.05) is 42.5 Å². The third kappa shape index (κ3) is 5.21. The molecule has 1 saturated heterocycles. The Labute approximate surface area is 218 Å². The lowest BCUT2D eigenvalue weighted by atomic mass is 9.97. The largest absolute Gasteiger partial charge is 0.462 e. The number of nitrogens with zero attached hydrogens (tertiary/aromatic N) is 2. The maximum absolute atomic E-state index is 13.0. The van der Waals surface area contributed by atoms with Crippen LogP contribution in [0.5, 0.6) is 0 Å². The summed E-state index contributed by atoms with van der Waals surface area (Å²) in [6.07, 6.45) is 1.97. The van der Waals surface area contributed by atoms with Gasteiger partial charge in [-0.2, -0.15) is 0 Å². The average Bonchev–Trinajstić information content (AvgIpc) is 3.46. The number of likely N-dealkylation sites (tertiary alicyclic amines) is 1. The molecule has 6 nitrogen and oxygen atoms in total. The van der Waals surface area contributed by atoms with Crippen LogP contribution in [0.3, 0.4) is 0 Å². The molecule has 186 valence electrons. The van der Waals surface area contributed by atoms with E-state index in [0.29, 0.717) is 23.0 Å². The fraction of sp³-hybridized carbons (Fsp3) is 0.321. The maximum Gasteiger partial charge on any atom is 0.341 e. The Morgan fingerprint density at radius 1 is 1.06 bits per heavy atom. The van der Waals surface area contributed by atoms with Crippen molar-refractivity contribution in [2.75, 3.05) is 31.6 Å². The van der Waals surface area contributed by atoms with E-state index >= 15 is 0 Å². The van der Waals surface area contributed by atoms with Gasteiger partial charge >= 0.3 is 5.97 Å². The van der Waals surface area contributed by atoms with Crippen molar-refractivity contribution < 1.29 is 14.3 Å². The second-order valence-electron chi connectivity index (χ2n) is 8.94. The van der Waals surface area contributed by atoms with Gasteiger partial charge < -0.3 is 10.1 Å². The molecule has 0 aliphatic carbocycles. The van der Waals surface area contributed by atoms with E-state index in [9.17, 15) is 9.59 Å². The van der Waals surface area contributed by atoms with Crippen molar-refractivity contribution >= 4 is 49.8 Å². The maximum atomic E-state index is 13.0. The van der Waals surface area contributed by atoms with Gasteiger partial charge in [0.25, 0.3) is 0 Å². The van der Waals surface area contributed by atoms with Gasteiger partial charge in [0.1, 0.15) is 10.6 Å². The molecule has 3 heterocycles. The minimum Gasteiger partial charge on any atom is -0.462 e. The van der Waals surface area contributed by atoms with E-state index in [2.05, 4.69) is 28.4 Å². The Kier molecular flexibility index (Phi) is 7.46. The van der Waals surface area contributed by atoms with Crippen molar-refractivity contribution in [2.24, 2.45) is 0 Å². The molecule has 0 bridgehead atoms. The highest BCUT2D eigenvalue weighted by Crippen LogP contribution is 2.40. The summed E-state index contributed by atoms with van der Waals surface area (Å²) in [5.74, 6) is -0.0852. The molecule has 8 heteroatoms. The van der Waals surface area contributed by atoms with Crippen molar-refractivity contribution in [2.45, 2.75) is 32.6 Å². The fourth-order valence-electron chi connectivity index (χ4n) is 4.76. The van der Waals surface area contributed by atoms with Crippen LogP contribution in [0.2, 0.25) is 0 Å². The molecule has 36 heavy (non-hydrogen) atoms. The van der Waals surface area contributed by atoms with Crippen molar-refractivity contribution in [3.8, 4) is 11.1 Å². The van der Waals surface area contributed by atoms with E-state index in [0.717, 1.165) is 47.5 Å². The highest BCUT2D eigenvalue weighted by Gasteiger charge is 2.27. The Morgan fingerprint density at radius 3 is 2.50 bits per heavy atom. The number of fused-ring (bicyclic) bond motifs is 1. The molecule has 0 saturated carbocycles. The Bertz CT molecular complexity index is 1340. The van der Waals surface area contributed by atoms with E-state index in [4.69, 9.17) is 9.72 Å². The second-order valence-corrected chi connectivity index (χ2v) is 11.2. The van der Waals surface area contributed by atoms with Gasteiger partial charge in [-0.25, -0.2) is 9.78 Å². The number of para-hydroxylation sites is 1. The van der Waals surface area contributed by atoms with Crippen molar-refractivity contribution in [3.05, 3.63) is 70.0 Å². The lowest BCUT2D eigenvalue weighted by Gasteiger charge is -2.30. The molecule has 0 atom stereocenters. The van der Waals surface area contributed by atoms with Crippen LogP contribution in [-0.2, 0) is 9.53 Å². The molecule has 0 unspecified atom stereocenters. The van der Waals surface area contributed by atoms with Crippen LogP contribution >= 0.6 is 22.7 Å². The van der Waals surface area contributed by atoms with Gasteiger partial charge in [-0.05, 0) is 57.5 Å². The molecule has 2 aromatic heterocycles. The molecule has 5 rings (SSSR count). The number of aromatic nitrogens is 1. The molecule has 1 aliphatic rings. The summed E-state index contributed by atoms with van der Waals surface area (Å²) < 4.78 is 6.58. The van der Waals surface area contributed by atoms with Gasteiger partial charge in [0.2, 0.25) is 5.91 Å². The number of rotatable bonds is 7. The molecular formula is C28H29N3O3S2. The number of piperidine rings is 1. The Balaban J connectivity index is 1.25. The first-order chi connectivity index (χ1) is 17.5. The quantitative estimate of drug-likeness (QED) is 0.289. The SMILES string of the molecule is CCOC(=O)c1c(NC(=O)CN2CCC(c3nc4ccccc4s3)CC2)sc(C)c1-c1ccccc1. The van der Waals surface area contributed by atoms with E-state index < -0.39 is 5.97 Å². The van der Waals surface area contributed by atoms with E-state index in [1.807, 2.05) is 43.3 Å². The monoisotopic (exact) mass is 519 g/mol. The normalized spacial score (nSPS) is 14.7. The lowest BCUT2D eigenvalue weighted by molar-refractivity contribution is -0.117. The first kappa shape index (κ1) is 24.6. The van der Waals surface area contributed by atoms with Crippen molar-refractivity contribution in [3.63, 3.8) is 0 Å². The molecular weight excluding hydrogens is 490 g/mol. The summed E-state index contributed by atoms with van der Waals surface area (Å²) in [4.78, 5) is 33.9. The van der Waals surface area contributed by atoms with Crippen LogP contribution in [0.15, 0.2) is 54.6 Å². The number of carbonyl (C=O) groups excluding carboxylic acids is 2. The van der Waals surface area contributed by atoms with Crippen LogP contribution in [-0.4, -0.2) is 48.0 Å². The lowest BCUT2D eigenvalue weighted by Crippen LogP contribution is -2.38. The third-order valence-corrected chi connectivity index (χ3v) is 8.71. The first-order valence-electron chi connectivity index (χ1n) is 12.3. The van der Waals surface area contributed by atoms with E-state index in [1.165, 1.54) is 21.0 Å². The van der Waals surface area contributed by atoms with Crippen LogP contribution in [0.4, 0.5) is 5.00 Å². The van der Waals surface area contributed by atoms with Crippen molar-refractivity contribution in [1.82, 2.24) is 9.88 Å². The summed E-state index contributed by atoms with van der Waals surface area (Å²) in [6, 6.07) is 18.0. The van der Waals surface area contributed by atoms with Crippen LogP contribution < -0.4 is 5.32 Å². The van der Waals surface area contributed by atoms with Crippen molar-refractivity contribution in [1.29, 1.82) is 0 Å². The second kappa shape index (κ2) is 10.9. The topological polar surface area (TPSA) is 71.5 Å². The molecule has 1 N–H and O–H groups in total. The number of anilines is 1. The summed E-state index contributed by atoms with van der Waals surface area (Å²) in [7, 11) is 0. The zero-order chi connectivity index (χ0) is 25.1. The standard InChI is InChI=1S/C28H29N3O3S2/c1-3-34-28(33)25-24(19-9-5-4-6-10-19)18(2)35-27(25)30-23(32)17-31-15-13-20(14-16-31)26-29-21-11-7-8-12-22(21)36-26/h4-12,20H,3,13-17H2,1-2H3,(H,30,32). The number of thiophene rings is 1. The minimum atomic E-state index is -0.410. The van der Waals surface area contributed by atoms with Gasteiger partial charge in [-0.3, -0.25) is 9.69 Å². The fourth-order valence-corrected chi connectivity index (χ4v) is 6.97. The van der Waals surface area contributed by atoms with Gasteiger partial charge in [0.05, 0.1) is 28.4 Å². The number of thiazole rings is 1. The van der Waals surface area contributed by atoms with Crippen LogP contribution in [0.25, 0.3) is 21.3 Å². The minimum absolute atomic E-state index is 0.111. The summed E-state index contributed by atoms with van der Waals surface area (Å²) >= 11 is 3.20. The number of hydrogen-bond acceptors (Lipinski definition) is 7. The predicted molar refractivity (Wildman–Crippen MR) is 147 cm³/mol. The Morgan fingerprint density at radius 2 is 1.78 bits per heavy atom. The zero-order valence-electron chi connectivity index (χ0n) is 20.5. The highest BCUT2D eigenvalue weighted by molar-refractivity contribution is 7.18. The molecule has 2 aromatic carbocycles. The number of carbonyl (C=O) groups is 2. The van der Waals surface area contributed by atoms with Gasteiger partial charge in [-0.15, -0.1) is 22.7 Å². The van der Waals surface area contributed by atoms with Crippen LogP contribution in [0.1, 0.15) is 45.9 Å². The highest BCUT2D eigenvalue weighted by atomic mass is 32.1. The average molecular weight is 520 g/mol. The molecule has 1 fully saturated rings. The number of ether oxygens (including phenoxy) is 1. The first-order valence-corrected chi connectivity index (χ1v) is 13.9. The smallest absolute Gasteiger partial charge is 0.341 e. The summed E-state index contributed by atoms with van der Waals surface area (Å²) in [5, 5.41) is 4.77. The molecule has 0 spiro atoms. The van der Waals surface area contributed by atoms with Gasteiger partial charge in [0.15, 0.2) is 0 Å². The summed E-state index contributed by atoms with van der Waals surface area (Å²) in [5.41, 5.74) is 3.27. The third-order valence-electron chi connectivity index (χ3n) is 6.49. The van der Waals surface area contributed by atoms with E-state index in [1.54, 1.807) is 18.3 Å². The van der Waals surface area contributed by atoms with Crippen LogP contribution in [0, 0.1) is 6.92 Å². The number of benzene rings is 2. The number of esters is 1. The molecule has 1 aliphatic heterocycles. The van der Waals surface area contributed by atoms with Gasteiger partial charge in [0, 0.05) is 16.4 Å². The Hall–Kier alpha value is -3.07. The zero-order valence-corrected chi connectivity index (χ0v) is 22.1. The number of aryl methyl sites for hydroxylation is 1. The molecule has 0 radical (unpaired) electrons. The van der Waals surface area contributed by atoms with E-state index in [-0.39, 0.29) is 12.5 Å². The molecule has 4 aromatic rings. The number of amides is 1. The predicted octanol–water partition coefficient (Wildman–Crippen LogP) is 6.33. The number of hydrogen-bond donors (Lipinski definition) is 1. The number of nitrogens with one attached hydrogen (secondary N) is 1. The summed E-state index contributed by atoms with van der Waals surface area (Å²) in [6.45, 7) is 6.02.